The van der Waals surface area contributed by atoms with Crippen molar-refractivity contribution >= 4 is 0 Å². The Morgan fingerprint density at radius 2 is 2.31 bits per heavy atom. The molecule has 2 fully saturated rings. The molecule has 4 nitrogen and oxygen atoms in total. The zero-order chi connectivity index (χ0) is 11.0. The number of aromatic nitrogens is 2. The molecule has 2 bridgehead atoms. The average molecular weight is 221 g/mol. The van der Waals surface area contributed by atoms with E-state index in [9.17, 15) is 0 Å². The molecule has 0 saturated heterocycles. The zero-order valence-corrected chi connectivity index (χ0v) is 9.78. The van der Waals surface area contributed by atoms with Crippen molar-refractivity contribution < 1.29 is 4.52 Å². The van der Waals surface area contributed by atoms with Gasteiger partial charge in [0, 0.05) is 19.0 Å². The minimum absolute atomic E-state index is 0.731. The van der Waals surface area contributed by atoms with E-state index in [-0.39, 0.29) is 0 Å². The van der Waals surface area contributed by atoms with E-state index in [1.54, 1.807) is 0 Å². The first kappa shape index (κ1) is 10.3. The van der Waals surface area contributed by atoms with E-state index in [1.165, 1.54) is 25.7 Å². The van der Waals surface area contributed by atoms with Crippen molar-refractivity contribution in [3.63, 3.8) is 0 Å². The largest absolute Gasteiger partial charge is 0.339 e. The second kappa shape index (κ2) is 4.17. The summed E-state index contributed by atoms with van der Waals surface area (Å²) in [5.74, 6) is 3.44. The van der Waals surface area contributed by atoms with Crippen molar-refractivity contribution in [2.75, 3.05) is 6.54 Å². The molecule has 3 rings (SSSR count). The van der Waals surface area contributed by atoms with Crippen LogP contribution in [0.5, 0.6) is 0 Å². The third-order valence-corrected chi connectivity index (χ3v) is 4.05. The van der Waals surface area contributed by atoms with Crippen molar-refractivity contribution in [1.82, 2.24) is 15.5 Å². The van der Waals surface area contributed by atoms with E-state index in [0.29, 0.717) is 0 Å². The summed E-state index contributed by atoms with van der Waals surface area (Å²) in [5.41, 5.74) is 0. The number of hydrogen-bond donors (Lipinski definition) is 1. The summed E-state index contributed by atoms with van der Waals surface area (Å²) in [5, 5.41) is 7.43. The summed E-state index contributed by atoms with van der Waals surface area (Å²) in [6.07, 6.45) is 6.59. The summed E-state index contributed by atoms with van der Waals surface area (Å²) >= 11 is 0. The summed E-state index contributed by atoms with van der Waals surface area (Å²) in [6.45, 7) is 2.83. The molecule has 1 aromatic rings. The fraction of sp³-hybridized carbons (Fsp3) is 0.833. The Balaban J connectivity index is 1.44. The van der Waals surface area contributed by atoms with Gasteiger partial charge in [0.1, 0.15) is 0 Å². The smallest absolute Gasteiger partial charge is 0.227 e. The van der Waals surface area contributed by atoms with E-state index in [2.05, 4.69) is 15.5 Å². The Labute approximate surface area is 95.8 Å². The standard InChI is InChI=1S/C12H19N3O/c1-8-14-12(16-15-8)4-5-13-11-7-9-2-3-10(11)6-9/h9-11,13H,2-7H2,1H3. The van der Waals surface area contributed by atoms with Crippen LogP contribution < -0.4 is 5.32 Å². The fourth-order valence-corrected chi connectivity index (χ4v) is 3.30. The third-order valence-electron chi connectivity index (χ3n) is 4.05. The summed E-state index contributed by atoms with van der Waals surface area (Å²) in [6, 6.07) is 0.753. The summed E-state index contributed by atoms with van der Waals surface area (Å²) in [7, 11) is 0. The lowest BCUT2D eigenvalue weighted by Gasteiger charge is -2.22. The average Bonchev–Trinajstić information content (AvgIpc) is 2.94. The van der Waals surface area contributed by atoms with E-state index in [1.807, 2.05) is 6.92 Å². The Hall–Kier alpha value is -0.900. The zero-order valence-electron chi connectivity index (χ0n) is 9.78. The van der Waals surface area contributed by atoms with E-state index >= 15 is 0 Å². The SMILES string of the molecule is Cc1noc(CCNC2CC3CCC2C3)n1. The maximum atomic E-state index is 5.09. The number of fused-ring (bicyclic) bond motifs is 2. The van der Waals surface area contributed by atoms with Crippen LogP contribution in [0.25, 0.3) is 0 Å². The molecule has 2 saturated carbocycles. The lowest BCUT2D eigenvalue weighted by Crippen LogP contribution is -2.35. The molecule has 1 N–H and O–H groups in total. The first-order chi connectivity index (χ1) is 7.81. The Bertz CT molecular complexity index is 363. The van der Waals surface area contributed by atoms with Crippen LogP contribution in [0.3, 0.4) is 0 Å². The summed E-state index contributed by atoms with van der Waals surface area (Å²) < 4.78 is 5.09. The molecule has 0 aliphatic heterocycles. The maximum absolute atomic E-state index is 5.09. The minimum atomic E-state index is 0.731. The van der Waals surface area contributed by atoms with Gasteiger partial charge in [0.25, 0.3) is 0 Å². The number of rotatable bonds is 4. The van der Waals surface area contributed by atoms with Gasteiger partial charge in [0.2, 0.25) is 5.89 Å². The highest BCUT2D eigenvalue weighted by Crippen LogP contribution is 2.44. The Morgan fingerprint density at radius 1 is 1.38 bits per heavy atom. The molecule has 3 unspecified atom stereocenters. The topological polar surface area (TPSA) is 51.0 Å². The van der Waals surface area contributed by atoms with Crippen LogP contribution in [0, 0.1) is 18.8 Å². The number of hydrogen-bond acceptors (Lipinski definition) is 4. The molecule has 2 aliphatic rings. The normalized spacial score (nSPS) is 32.4. The number of nitrogens with one attached hydrogen (secondary N) is 1. The highest BCUT2D eigenvalue weighted by atomic mass is 16.5. The van der Waals surface area contributed by atoms with Crippen LogP contribution in [0.15, 0.2) is 4.52 Å². The molecule has 4 heteroatoms. The Morgan fingerprint density at radius 3 is 2.94 bits per heavy atom. The van der Waals surface area contributed by atoms with Gasteiger partial charge in [0.05, 0.1) is 0 Å². The molecule has 16 heavy (non-hydrogen) atoms. The van der Waals surface area contributed by atoms with Crippen molar-refractivity contribution in [2.45, 2.75) is 45.1 Å². The van der Waals surface area contributed by atoms with E-state index < -0.39 is 0 Å². The predicted molar refractivity (Wildman–Crippen MR) is 60.0 cm³/mol. The van der Waals surface area contributed by atoms with Crippen molar-refractivity contribution in [1.29, 1.82) is 0 Å². The van der Waals surface area contributed by atoms with Crippen molar-refractivity contribution in [3.8, 4) is 0 Å². The van der Waals surface area contributed by atoms with Crippen LogP contribution in [0.4, 0.5) is 0 Å². The lowest BCUT2D eigenvalue weighted by molar-refractivity contribution is 0.337. The number of nitrogens with zero attached hydrogens (tertiary/aromatic N) is 2. The maximum Gasteiger partial charge on any atom is 0.227 e. The second-order valence-electron chi connectivity index (χ2n) is 5.22. The van der Waals surface area contributed by atoms with Gasteiger partial charge in [-0.1, -0.05) is 11.6 Å². The van der Waals surface area contributed by atoms with Gasteiger partial charge in [0.15, 0.2) is 5.82 Å². The third kappa shape index (κ3) is 1.98. The van der Waals surface area contributed by atoms with Crippen molar-refractivity contribution in [3.05, 3.63) is 11.7 Å². The molecular formula is C12H19N3O. The molecule has 0 amide bonds. The summed E-state index contributed by atoms with van der Waals surface area (Å²) in [4.78, 5) is 4.20. The van der Waals surface area contributed by atoms with Crippen LogP contribution in [-0.4, -0.2) is 22.7 Å². The van der Waals surface area contributed by atoms with E-state index in [0.717, 1.165) is 42.6 Å². The first-order valence-corrected chi connectivity index (χ1v) is 6.34. The second-order valence-corrected chi connectivity index (χ2v) is 5.22. The lowest BCUT2D eigenvalue weighted by atomic mass is 9.95. The van der Waals surface area contributed by atoms with Crippen LogP contribution in [0.2, 0.25) is 0 Å². The first-order valence-electron chi connectivity index (χ1n) is 6.34. The fourth-order valence-electron chi connectivity index (χ4n) is 3.30. The van der Waals surface area contributed by atoms with Crippen LogP contribution >= 0.6 is 0 Å². The molecule has 0 spiro atoms. The molecule has 3 atom stereocenters. The molecule has 2 aliphatic carbocycles. The van der Waals surface area contributed by atoms with Gasteiger partial charge in [-0.3, -0.25) is 0 Å². The highest BCUT2D eigenvalue weighted by Gasteiger charge is 2.38. The van der Waals surface area contributed by atoms with Gasteiger partial charge >= 0.3 is 0 Å². The van der Waals surface area contributed by atoms with Crippen LogP contribution in [0.1, 0.15) is 37.4 Å². The molecule has 0 aromatic carbocycles. The van der Waals surface area contributed by atoms with Gasteiger partial charge < -0.3 is 9.84 Å². The van der Waals surface area contributed by atoms with Gasteiger partial charge in [-0.15, -0.1) is 0 Å². The molecular weight excluding hydrogens is 202 g/mol. The monoisotopic (exact) mass is 221 g/mol. The van der Waals surface area contributed by atoms with Gasteiger partial charge in [-0.25, -0.2) is 0 Å². The molecule has 88 valence electrons. The molecule has 1 aromatic heterocycles. The van der Waals surface area contributed by atoms with Crippen LogP contribution in [-0.2, 0) is 6.42 Å². The molecule has 0 radical (unpaired) electrons. The van der Waals surface area contributed by atoms with Gasteiger partial charge in [-0.05, 0) is 38.0 Å². The molecule has 1 heterocycles. The highest BCUT2D eigenvalue weighted by molar-refractivity contribution is 4.94. The van der Waals surface area contributed by atoms with E-state index in [4.69, 9.17) is 4.52 Å². The number of aryl methyl sites for hydroxylation is 1. The predicted octanol–water partition coefficient (Wildman–Crippen LogP) is 1.70. The van der Waals surface area contributed by atoms with Gasteiger partial charge in [-0.2, -0.15) is 4.98 Å². The Kier molecular flexibility index (Phi) is 2.67. The quantitative estimate of drug-likeness (QED) is 0.840. The minimum Gasteiger partial charge on any atom is -0.339 e. The van der Waals surface area contributed by atoms with Crippen molar-refractivity contribution in [2.24, 2.45) is 11.8 Å².